The Morgan fingerprint density at radius 2 is 2.17 bits per heavy atom. The maximum absolute atomic E-state index is 12.2. The lowest BCUT2D eigenvalue weighted by Gasteiger charge is -2.24. The number of nitrogens with two attached hydrogens (primary N) is 1. The number of fused-ring (bicyclic) bond motifs is 1. The van der Waals surface area contributed by atoms with Crippen LogP contribution in [0.5, 0.6) is 0 Å². The van der Waals surface area contributed by atoms with E-state index in [1.54, 1.807) is 0 Å². The Bertz CT molecular complexity index is 541. The summed E-state index contributed by atoms with van der Waals surface area (Å²) in [5.74, 6) is 0.0859. The van der Waals surface area contributed by atoms with Gasteiger partial charge in [-0.1, -0.05) is 30.3 Å². The van der Waals surface area contributed by atoms with Crippen molar-refractivity contribution < 1.29 is 24.1 Å². The molecule has 2 aliphatic heterocycles. The van der Waals surface area contributed by atoms with Crippen molar-refractivity contribution in [3.63, 3.8) is 0 Å². The van der Waals surface area contributed by atoms with E-state index in [1.165, 1.54) is 0 Å². The summed E-state index contributed by atoms with van der Waals surface area (Å²) in [6, 6.07) is 9.11. The topological polar surface area (TPSA) is 103 Å². The maximum atomic E-state index is 12.2. The van der Waals surface area contributed by atoms with Crippen LogP contribution in [-0.4, -0.2) is 55.5 Å². The average molecular weight is 336 g/mol. The standard InChI is InChI=1S/C17H24N2O5/c18-9-14(20)13(8-11-4-2-1-3-5-11)19-17(21)24-15-10-23-16-12(15)6-7-22-16/h1-5,12-16,20H,6-10,18H2,(H,19,21)/t12-,13?,14+,15-,16+/m0/s1. The predicted octanol–water partition coefficient (Wildman–Crippen LogP) is 0.405. The molecule has 7 nitrogen and oxygen atoms in total. The van der Waals surface area contributed by atoms with Crippen molar-refractivity contribution in [1.29, 1.82) is 0 Å². The number of nitrogens with one attached hydrogen (secondary N) is 1. The molecule has 4 N–H and O–H groups in total. The van der Waals surface area contributed by atoms with Crippen LogP contribution in [0.25, 0.3) is 0 Å². The van der Waals surface area contributed by atoms with Crippen LogP contribution in [0.3, 0.4) is 0 Å². The van der Waals surface area contributed by atoms with Crippen molar-refractivity contribution in [2.45, 2.75) is 37.4 Å². The first-order valence-electron chi connectivity index (χ1n) is 8.30. The Hall–Kier alpha value is -1.67. The molecule has 7 heteroatoms. The number of aliphatic hydroxyl groups excluding tert-OH is 1. The highest BCUT2D eigenvalue weighted by atomic mass is 16.7. The van der Waals surface area contributed by atoms with Gasteiger partial charge in [-0.25, -0.2) is 4.79 Å². The SMILES string of the molecule is NC[C@@H](O)C(Cc1ccccc1)NC(=O)O[C@H]1CO[C@H]2OCC[C@H]21. The summed E-state index contributed by atoms with van der Waals surface area (Å²) in [5.41, 5.74) is 6.56. The van der Waals surface area contributed by atoms with Gasteiger partial charge in [-0.2, -0.15) is 0 Å². The Labute approximate surface area is 141 Å². The van der Waals surface area contributed by atoms with Crippen molar-refractivity contribution in [1.82, 2.24) is 5.32 Å². The number of carbonyl (C=O) groups excluding carboxylic acids is 1. The Kier molecular flexibility index (Phi) is 5.68. The van der Waals surface area contributed by atoms with E-state index in [0.29, 0.717) is 19.6 Å². The molecule has 1 unspecified atom stereocenters. The average Bonchev–Trinajstić information content (AvgIpc) is 3.19. The highest BCUT2D eigenvalue weighted by Crippen LogP contribution is 2.32. The van der Waals surface area contributed by atoms with E-state index in [4.69, 9.17) is 19.9 Å². The van der Waals surface area contributed by atoms with Gasteiger partial charge in [0.1, 0.15) is 6.10 Å². The molecule has 24 heavy (non-hydrogen) atoms. The molecule has 2 heterocycles. The van der Waals surface area contributed by atoms with E-state index < -0.39 is 18.2 Å². The van der Waals surface area contributed by atoms with Gasteiger partial charge in [0.2, 0.25) is 0 Å². The summed E-state index contributed by atoms with van der Waals surface area (Å²) in [4.78, 5) is 12.2. The third kappa shape index (κ3) is 4.05. The van der Waals surface area contributed by atoms with Crippen LogP contribution in [0.2, 0.25) is 0 Å². The molecule has 3 rings (SSSR count). The van der Waals surface area contributed by atoms with Gasteiger partial charge in [0.05, 0.1) is 31.3 Å². The molecule has 2 aliphatic rings. The van der Waals surface area contributed by atoms with Crippen LogP contribution in [0.4, 0.5) is 4.79 Å². The van der Waals surface area contributed by atoms with Gasteiger partial charge in [-0.3, -0.25) is 0 Å². The second-order valence-electron chi connectivity index (χ2n) is 6.21. The summed E-state index contributed by atoms with van der Waals surface area (Å²) in [6.07, 6.45) is -0.696. The number of benzene rings is 1. The molecule has 2 saturated heterocycles. The number of hydrogen-bond donors (Lipinski definition) is 3. The molecule has 0 spiro atoms. The van der Waals surface area contributed by atoms with E-state index in [1.807, 2.05) is 30.3 Å². The fourth-order valence-corrected chi connectivity index (χ4v) is 3.19. The Morgan fingerprint density at radius 1 is 1.38 bits per heavy atom. The number of ether oxygens (including phenoxy) is 3. The van der Waals surface area contributed by atoms with E-state index in [9.17, 15) is 9.90 Å². The first kappa shape index (κ1) is 17.2. The third-order valence-electron chi connectivity index (χ3n) is 4.55. The first-order valence-corrected chi connectivity index (χ1v) is 8.30. The lowest BCUT2D eigenvalue weighted by molar-refractivity contribution is -0.0907. The lowest BCUT2D eigenvalue weighted by atomic mass is 10.0. The highest BCUT2D eigenvalue weighted by Gasteiger charge is 2.44. The fourth-order valence-electron chi connectivity index (χ4n) is 3.19. The molecule has 0 saturated carbocycles. The number of amides is 1. The van der Waals surface area contributed by atoms with Crippen molar-refractivity contribution in [3.05, 3.63) is 35.9 Å². The van der Waals surface area contributed by atoms with Crippen LogP contribution < -0.4 is 11.1 Å². The molecule has 2 fully saturated rings. The number of alkyl carbamates (subject to hydrolysis) is 1. The van der Waals surface area contributed by atoms with Gasteiger partial charge >= 0.3 is 6.09 Å². The largest absolute Gasteiger partial charge is 0.443 e. The van der Waals surface area contributed by atoms with Gasteiger partial charge in [-0.15, -0.1) is 0 Å². The molecule has 132 valence electrons. The van der Waals surface area contributed by atoms with Crippen LogP contribution in [0.15, 0.2) is 30.3 Å². The zero-order valence-corrected chi connectivity index (χ0v) is 13.5. The van der Waals surface area contributed by atoms with E-state index in [-0.39, 0.29) is 24.9 Å². The lowest BCUT2D eigenvalue weighted by Crippen LogP contribution is -2.49. The normalized spacial score (nSPS) is 28.2. The Balaban J connectivity index is 1.56. The monoisotopic (exact) mass is 336 g/mol. The molecule has 5 atom stereocenters. The van der Waals surface area contributed by atoms with Crippen molar-refractivity contribution in [3.8, 4) is 0 Å². The highest BCUT2D eigenvalue weighted by molar-refractivity contribution is 5.68. The van der Waals surface area contributed by atoms with Gasteiger partial charge in [0.15, 0.2) is 6.29 Å². The minimum absolute atomic E-state index is 0.0584. The van der Waals surface area contributed by atoms with Crippen LogP contribution in [-0.2, 0) is 20.6 Å². The number of carbonyl (C=O) groups is 1. The molecule has 0 radical (unpaired) electrons. The quantitative estimate of drug-likeness (QED) is 0.695. The van der Waals surface area contributed by atoms with E-state index >= 15 is 0 Å². The third-order valence-corrected chi connectivity index (χ3v) is 4.55. The fraction of sp³-hybridized carbons (Fsp3) is 0.588. The van der Waals surface area contributed by atoms with E-state index in [2.05, 4.69) is 5.32 Å². The first-order chi connectivity index (χ1) is 11.7. The summed E-state index contributed by atoms with van der Waals surface area (Å²) in [5, 5.41) is 12.8. The van der Waals surface area contributed by atoms with E-state index in [0.717, 1.165) is 12.0 Å². The zero-order valence-electron chi connectivity index (χ0n) is 13.5. The Morgan fingerprint density at radius 3 is 2.92 bits per heavy atom. The second kappa shape index (κ2) is 7.94. The molecule has 1 aromatic rings. The van der Waals surface area contributed by atoms with Crippen LogP contribution in [0.1, 0.15) is 12.0 Å². The molecule has 1 amide bonds. The molecule has 0 aliphatic carbocycles. The van der Waals surface area contributed by atoms with Crippen LogP contribution in [0, 0.1) is 5.92 Å². The van der Waals surface area contributed by atoms with Gasteiger partial charge < -0.3 is 30.4 Å². The molecular formula is C17H24N2O5. The summed E-state index contributed by atoms with van der Waals surface area (Å²) < 4.78 is 16.4. The smallest absolute Gasteiger partial charge is 0.407 e. The zero-order chi connectivity index (χ0) is 16.9. The van der Waals surface area contributed by atoms with Crippen molar-refractivity contribution in [2.24, 2.45) is 11.7 Å². The van der Waals surface area contributed by atoms with Crippen molar-refractivity contribution >= 4 is 6.09 Å². The molecular weight excluding hydrogens is 312 g/mol. The summed E-state index contributed by atoms with van der Waals surface area (Å²) >= 11 is 0. The number of hydrogen-bond acceptors (Lipinski definition) is 6. The molecule has 0 aromatic heterocycles. The maximum Gasteiger partial charge on any atom is 0.407 e. The molecule has 0 bridgehead atoms. The van der Waals surface area contributed by atoms with Crippen molar-refractivity contribution in [2.75, 3.05) is 19.8 Å². The molecule has 1 aromatic carbocycles. The summed E-state index contributed by atoms with van der Waals surface area (Å²) in [7, 11) is 0. The number of rotatable bonds is 6. The van der Waals surface area contributed by atoms with Gasteiger partial charge in [0, 0.05) is 6.54 Å². The van der Waals surface area contributed by atoms with Crippen LogP contribution >= 0.6 is 0 Å². The predicted molar refractivity (Wildman–Crippen MR) is 86.2 cm³/mol. The summed E-state index contributed by atoms with van der Waals surface area (Å²) in [6.45, 7) is 1.02. The number of aliphatic hydroxyl groups is 1. The second-order valence-corrected chi connectivity index (χ2v) is 6.21. The van der Waals surface area contributed by atoms with Gasteiger partial charge in [-0.05, 0) is 18.4 Å². The van der Waals surface area contributed by atoms with Gasteiger partial charge in [0.25, 0.3) is 0 Å². The minimum atomic E-state index is -0.847. The minimum Gasteiger partial charge on any atom is -0.443 e.